The molecule has 2 bridgehead atoms. The van der Waals surface area contributed by atoms with E-state index in [1.165, 1.54) is 19.3 Å². The van der Waals surface area contributed by atoms with Gasteiger partial charge in [-0.1, -0.05) is 12.2 Å². The summed E-state index contributed by atoms with van der Waals surface area (Å²) in [7, 11) is 0. The molecule has 0 amide bonds. The summed E-state index contributed by atoms with van der Waals surface area (Å²) < 4.78 is 4.63. The Kier molecular flexibility index (Phi) is 10.4. The van der Waals surface area contributed by atoms with Crippen LogP contribution in [-0.4, -0.2) is 36.6 Å². The molecule has 0 spiro atoms. The van der Waals surface area contributed by atoms with Gasteiger partial charge in [-0.2, -0.15) is 0 Å². The van der Waals surface area contributed by atoms with E-state index in [1.807, 2.05) is 0 Å². The number of hydrogen-bond donors (Lipinski definition) is 2. The van der Waals surface area contributed by atoms with Crippen molar-refractivity contribution in [2.24, 2.45) is 11.8 Å². The zero-order valence-electron chi connectivity index (χ0n) is 9.98. The highest BCUT2D eigenvalue weighted by molar-refractivity contribution is 5.06. The molecule has 3 nitrogen and oxygen atoms in total. The monoisotopic (exact) mass is 228 g/mol. The molecule has 16 heavy (non-hydrogen) atoms. The van der Waals surface area contributed by atoms with Crippen molar-refractivity contribution < 1.29 is 14.9 Å². The normalized spacial score (nSPS) is 24.4. The minimum Gasteiger partial charge on any atom is -0.394 e. The molecule has 94 valence electrons. The van der Waals surface area contributed by atoms with Crippen LogP contribution < -0.4 is 0 Å². The van der Waals surface area contributed by atoms with Crippen LogP contribution in [0.4, 0.5) is 0 Å². The van der Waals surface area contributed by atoms with Gasteiger partial charge in [0.25, 0.3) is 0 Å². The van der Waals surface area contributed by atoms with E-state index in [0.29, 0.717) is 13.2 Å². The van der Waals surface area contributed by atoms with E-state index in [2.05, 4.69) is 30.0 Å². The molecule has 2 aliphatic carbocycles. The van der Waals surface area contributed by atoms with Crippen LogP contribution in [0.25, 0.3) is 0 Å². The fraction of sp³-hybridized carbons (Fsp3) is 0.692. The first-order valence-electron chi connectivity index (χ1n) is 5.84. The zero-order valence-corrected chi connectivity index (χ0v) is 9.98. The number of fused-ring (bicyclic) bond motifs is 2. The third-order valence-corrected chi connectivity index (χ3v) is 2.64. The highest BCUT2D eigenvalue weighted by Gasteiger charge is 2.25. The maximum Gasteiger partial charge on any atom is 0.0698 e. The molecule has 2 unspecified atom stereocenters. The number of ether oxygens (including phenoxy) is 1. The summed E-state index contributed by atoms with van der Waals surface area (Å²) in [6.45, 7) is 6.70. The Balaban J connectivity index is 0.000000244. The van der Waals surface area contributed by atoms with E-state index in [9.17, 15) is 0 Å². The Bertz CT molecular complexity index is 164. The lowest BCUT2D eigenvalue weighted by atomic mass is 10.1. The molecular formula is C13H24O3. The van der Waals surface area contributed by atoms with E-state index in [4.69, 9.17) is 10.2 Å². The van der Waals surface area contributed by atoms with E-state index in [-0.39, 0.29) is 13.2 Å². The lowest BCUT2D eigenvalue weighted by Gasteiger charge is -1.96. The van der Waals surface area contributed by atoms with E-state index < -0.39 is 0 Å². The van der Waals surface area contributed by atoms with Crippen molar-refractivity contribution in [3.05, 3.63) is 25.3 Å². The fourth-order valence-electron chi connectivity index (χ4n) is 1.95. The molecule has 2 rings (SSSR count). The Morgan fingerprint density at radius 1 is 1.00 bits per heavy atom. The summed E-state index contributed by atoms with van der Waals surface area (Å²) in [6.07, 6.45) is 9.19. The Hall–Kier alpha value is -0.640. The van der Waals surface area contributed by atoms with Gasteiger partial charge in [-0.3, -0.25) is 0 Å². The van der Waals surface area contributed by atoms with Gasteiger partial charge < -0.3 is 14.9 Å². The molecule has 0 aliphatic heterocycles. The van der Waals surface area contributed by atoms with Crippen LogP contribution in [0.1, 0.15) is 19.3 Å². The Morgan fingerprint density at radius 3 is 1.62 bits per heavy atom. The number of aliphatic hydroxyl groups is 2. The van der Waals surface area contributed by atoms with E-state index in [0.717, 1.165) is 11.8 Å². The third-order valence-electron chi connectivity index (χ3n) is 2.64. The predicted molar refractivity (Wildman–Crippen MR) is 66.2 cm³/mol. The Labute approximate surface area is 98.4 Å². The zero-order chi connectivity index (χ0) is 12.2. The standard InChI is InChI=1S/C7H10.C4H10O3.C2H4/c1-2-7-4-3-6(1)5-7;5-1-3-7-4-2-6;1-2/h1-2,6-7H,3-5H2;5-6H,1-4H2;1-2H2. The predicted octanol–water partition coefficient (Wildman–Crippen LogP) is 1.76. The summed E-state index contributed by atoms with van der Waals surface area (Å²) in [4.78, 5) is 0. The summed E-state index contributed by atoms with van der Waals surface area (Å²) in [5, 5.41) is 16.2. The molecule has 2 N–H and O–H groups in total. The molecule has 0 aromatic carbocycles. The summed E-state index contributed by atoms with van der Waals surface area (Å²) in [5.41, 5.74) is 0. The first kappa shape index (κ1) is 15.4. The average molecular weight is 228 g/mol. The highest BCUT2D eigenvalue weighted by Crippen LogP contribution is 2.38. The van der Waals surface area contributed by atoms with Gasteiger partial charge in [0.2, 0.25) is 0 Å². The SMILES string of the molecule is C1=CC2CCC1C2.C=C.OCCOCCO. The van der Waals surface area contributed by atoms with Gasteiger partial charge in [0.1, 0.15) is 0 Å². The van der Waals surface area contributed by atoms with Gasteiger partial charge in [0.15, 0.2) is 0 Å². The largest absolute Gasteiger partial charge is 0.394 e. The van der Waals surface area contributed by atoms with Crippen LogP contribution in [-0.2, 0) is 4.74 Å². The highest BCUT2D eigenvalue weighted by atomic mass is 16.5. The van der Waals surface area contributed by atoms with E-state index >= 15 is 0 Å². The van der Waals surface area contributed by atoms with Crippen LogP contribution in [0, 0.1) is 11.8 Å². The quantitative estimate of drug-likeness (QED) is 0.569. The van der Waals surface area contributed by atoms with Crippen molar-refractivity contribution in [3.63, 3.8) is 0 Å². The van der Waals surface area contributed by atoms with Gasteiger partial charge in [-0.15, -0.1) is 13.2 Å². The van der Waals surface area contributed by atoms with Crippen molar-refractivity contribution in [1.82, 2.24) is 0 Å². The number of aliphatic hydroxyl groups excluding tert-OH is 2. The third kappa shape index (κ3) is 6.77. The minimum absolute atomic E-state index is 0.0278. The van der Waals surface area contributed by atoms with Crippen LogP contribution in [0.2, 0.25) is 0 Å². The average Bonchev–Trinajstić information content (AvgIpc) is 2.98. The molecule has 0 heterocycles. The first-order valence-corrected chi connectivity index (χ1v) is 5.84. The van der Waals surface area contributed by atoms with Crippen molar-refractivity contribution in [2.75, 3.05) is 26.4 Å². The summed E-state index contributed by atoms with van der Waals surface area (Å²) in [5.74, 6) is 1.98. The van der Waals surface area contributed by atoms with E-state index in [1.54, 1.807) is 0 Å². The van der Waals surface area contributed by atoms with Crippen LogP contribution in [0.5, 0.6) is 0 Å². The second-order valence-corrected chi connectivity index (χ2v) is 3.78. The van der Waals surface area contributed by atoms with Crippen molar-refractivity contribution in [3.8, 4) is 0 Å². The van der Waals surface area contributed by atoms with Gasteiger partial charge >= 0.3 is 0 Å². The van der Waals surface area contributed by atoms with Gasteiger partial charge in [-0.25, -0.2) is 0 Å². The number of rotatable bonds is 4. The van der Waals surface area contributed by atoms with Crippen LogP contribution in [0.15, 0.2) is 25.3 Å². The van der Waals surface area contributed by atoms with Crippen LogP contribution in [0.3, 0.4) is 0 Å². The van der Waals surface area contributed by atoms with Crippen molar-refractivity contribution >= 4 is 0 Å². The van der Waals surface area contributed by atoms with Crippen molar-refractivity contribution in [1.29, 1.82) is 0 Å². The van der Waals surface area contributed by atoms with Gasteiger partial charge in [-0.05, 0) is 31.1 Å². The molecular weight excluding hydrogens is 204 g/mol. The topological polar surface area (TPSA) is 49.7 Å². The molecule has 1 fully saturated rings. The fourth-order valence-corrected chi connectivity index (χ4v) is 1.95. The summed E-state index contributed by atoms with van der Waals surface area (Å²) in [6, 6.07) is 0. The van der Waals surface area contributed by atoms with Gasteiger partial charge in [0, 0.05) is 0 Å². The second kappa shape index (κ2) is 10.9. The molecule has 3 heteroatoms. The van der Waals surface area contributed by atoms with Crippen molar-refractivity contribution in [2.45, 2.75) is 19.3 Å². The maximum absolute atomic E-state index is 8.09. The van der Waals surface area contributed by atoms with Crippen LogP contribution >= 0.6 is 0 Å². The summed E-state index contributed by atoms with van der Waals surface area (Å²) >= 11 is 0. The molecule has 0 radical (unpaired) electrons. The minimum atomic E-state index is 0.0278. The first-order chi connectivity index (χ1) is 7.86. The second-order valence-electron chi connectivity index (χ2n) is 3.78. The number of hydrogen-bond acceptors (Lipinski definition) is 3. The smallest absolute Gasteiger partial charge is 0.0698 e. The molecule has 0 aromatic rings. The van der Waals surface area contributed by atoms with Gasteiger partial charge in [0.05, 0.1) is 26.4 Å². The molecule has 2 atom stereocenters. The lowest BCUT2D eigenvalue weighted by molar-refractivity contribution is 0.0650. The molecule has 1 saturated carbocycles. The molecule has 2 aliphatic rings. The molecule has 0 aromatic heterocycles. The maximum atomic E-state index is 8.09. The lowest BCUT2D eigenvalue weighted by Crippen LogP contribution is -2.03. The number of allylic oxidation sites excluding steroid dienone is 2. The Morgan fingerprint density at radius 2 is 1.44 bits per heavy atom. The molecule has 0 saturated heterocycles.